The maximum Gasteiger partial charge on any atom is 0.342 e. The summed E-state index contributed by atoms with van der Waals surface area (Å²) in [6.45, 7) is -2.95. The van der Waals surface area contributed by atoms with Crippen LogP contribution in [0.15, 0.2) is 115 Å². The van der Waals surface area contributed by atoms with Crippen LogP contribution in [-0.2, 0) is 9.53 Å². The largest absolute Gasteiger partial charge is 0.496 e. The Morgan fingerprint density at radius 2 is 1.00 bits per heavy atom. The van der Waals surface area contributed by atoms with E-state index in [1.807, 2.05) is 91.0 Å². The standard InChI is InChI=1S/C29H25O4P/c1-32-26-21-13-12-20-25(26)27(30)28(29(31)33-2)34(22-14-6-3-7-15-22,23-16-8-4-9-17-23)24-18-10-5-11-19-24/h3-21H,1-2H3. The number of ketones is 1. The smallest absolute Gasteiger partial charge is 0.342 e. The Balaban J connectivity index is 2.27. The molecule has 0 aliphatic heterocycles. The van der Waals surface area contributed by atoms with E-state index >= 15 is 0 Å². The number of ether oxygens (including phenoxy) is 2. The molecule has 0 aromatic heterocycles. The van der Waals surface area contributed by atoms with E-state index in [1.54, 1.807) is 24.3 Å². The van der Waals surface area contributed by atoms with Gasteiger partial charge in [-0.1, -0.05) is 103 Å². The van der Waals surface area contributed by atoms with Crippen molar-refractivity contribution in [1.29, 1.82) is 0 Å². The quantitative estimate of drug-likeness (QED) is 0.176. The van der Waals surface area contributed by atoms with Gasteiger partial charge in [0.2, 0.25) is 5.78 Å². The molecule has 0 atom stereocenters. The third kappa shape index (κ3) is 4.09. The van der Waals surface area contributed by atoms with Crippen molar-refractivity contribution in [3.05, 3.63) is 121 Å². The second-order valence-electron chi connectivity index (χ2n) is 7.55. The van der Waals surface area contributed by atoms with Crippen LogP contribution < -0.4 is 20.7 Å². The molecule has 0 bridgehead atoms. The first-order valence-corrected chi connectivity index (χ1v) is 12.6. The van der Waals surface area contributed by atoms with E-state index in [2.05, 4.69) is 0 Å². The second-order valence-corrected chi connectivity index (χ2v) is 10.9. The van der Waals surface area contributed by atoms with Gasteiger partial charge in [0, 0.05) is 0 Å². The van der Waals surface area contributed by atoms with Crippen molar-refractivity contribution in [3.8, 4) is 5.75 Å². The lowest BCUT2D eigenvalue weighted by Crippen LogP contribution is -2.38. The Kier molecular flexibility index (Phi) is 7.10. The van der Waals surface area contributed by atoms with Gasteiger partial charge in [0.05, 0.1) is 19.8 Å². The molecule has 0 aliphatic rings. The number of benzene rings is 4. The molecule has 170 valence electrons. The summed E-state index contributed by atoms with van der Waals surface area (Å²) in [6, 6.07) is 36.2. The lowest BCUT2D eigenvalue weighted by atomic mass is 10.1. The second kappa shape index (κ2) is 10.4. The normalized spacial score (nSPS) is 10.9. The topological polar surface area (TPSA) is 52.6 Å². The van der Waals surface area contributed by atoms with Crippen molar-refractivity contribution in [2.45, 2.75) is 0 Å². The fourth-order valence-electron chi connectivity index (χ4n) is 4.23. The Labute approximate surface area is 199 Å². The van der Waals surface area contributed by atoms with Crippen LogP contribution in [0.3, 0.4) is 0 Å². The molecule has 0 saturated carbocycles. The SMILES string of the molecule is COC(=O)C(C(=O)c1ccccc1OC)=P(c1ccccc1)(c1ccccc1)c1ccccc1. The number of rotatable bonds is 7. The van der Waals surface area contributed by atoms with E-state index < -0.39 is 18.6 Å². The van der Waals surface area contributed by atoms with E-state index in [-0.39, 0.29) is 5.29 Å². The first kappa shape index (κ1) is 23.3. The third-order valence-corrected chi connectivity index (χ3v) is 9.99. The molecule has 4 aromatic rings. The Morgan fingerprint density at radius 1 is 0.588 bits per heavy atom. The molecule has 0 aliphatic carbocycles. The van der Waals surface area contributed by atoms with Crippen LogP contribution in [0.5, 0.6) is 5.75 Å². The van der Waals surface area contributed by atoms with Gasteiger partial charge < -0.3 is 9.47 Å². The number of Topliss-reactive ketones (excluding diaryl/α,β-unsaturated/α-hetero) is 1. The van der Waals surface area contributed by atoms with Gasteiger partial charge >= 0.3 is 5.97 Å². The average molecular weight is 468 g/mol. The number of carbonyl (C=O) groups excluding carboxylic acids is 2. The van der Waals surface area contributed by atoms with Gasteiger partial charge in [-0.2, -0.15) is 0 Å². The highest BCUT2D eigenvalue weighted by atomic mass is 31.2. The van der Waals surface area contributed by atoms with Crippen LogP contribution >= 0.6 is 6.89 Å². The van der Waals surface area contributed by atoms with Crippen LogP contribution in [0.2, 0.25) is 0 Å². The number of hydrogen-bond acceptors (Lipinski definition) is 4. The van der Waals surface area contributed by atoms with Gasteiger partial charge in [-0.15, -0.1) is 0 Å². The Morgan fingerprint density at radius 3 is 1.41 bits per heavy atom. The van der Waals surface area contributed by atoms with Crippen LogP contribution in [-0.4, -0.2) is 31.3 Å². The number of methoxy groups -OCH3 is 2. The Hall–Kier alpha value is -3.88. The van der Waals surface area contributed by atoms with Crippen molar-refractivity contribution in [1.82, 2.24) is 0 Å². The predicted molar refractivity (Wildman–Crippen MR) is 139 cm³/mol. The fourth-order valence-corrected chi connectivity index (χ4v) is 8.55. The maximum atomic E-state index is 14.3. The molecule has 0 spiro atoms. The van der Waals surface area contributed by atoms with Crippen molar-refractivity contribution >= 4 is 39.8 Å². The zero-order chi connectivity index (χ0) is 24.0. The summed E-state index contributed by atoms with van der Waals surface area (Å²) in [5.41, 5.74) is 0.317. The number of para-hydroxylation sites is 1. The summed E-state index contributed by atoms with van der Waals surface area (Å²) in [4.78, 5) is 27.9. The summed E-state index contributed by atoms with van der Waals surface area (Å²) < 4.78 is 10.8. The lowest BCUT2D eigenvalue weighted by molar-refractivity contribution is -0.132. The first-order chi connectivity index (χ1) is 16.6. The van der Waals surface area contributed by atoms with E-state index in [0.717, 1.165) is 15.9 Å². The van der Waals surface area contributed by atoms with Gasteiger partial charge in [0.15, 0.2) is 0 Å². The first-order valence-electron chi connectivity index (χ1n) is 10.8. The number of carbonyl (C=O) groups is 2. The van der Waals surface area contributed by atoms with Crippen LogP contribution in [0, 0.1) is 0 Å². The lowest BCUT2D eigenvalue weighted by Gasteiger charge is -2.31. The molecular formula is C29H25O4P. The van der Waals surface area contributed by atoms with Crippen LogP contribution in [0.4, 0.5) is 0 Å². The maximum absolute atomic E-state index is 14.3. The molecule has 0 fully saturated rings. The summed E-state index contributed by atoms with van der Waals surface area (Å²) in [6.07, 6.45) is 0. The number of esters is 1. The highest BCUT2D eigenvalue weighted by Crippen LogP contribution is 2.47. The molecule has 0 unspecified atom stereocenters. The minimum atomic E-state index is -2.95. The molecule has 0 radical (unpaired) electrons. The summed E-state index contributed by atoms with van der Waals surface area (Å²) in [5, 5.41) is 2.76. The molecule has 5 heteroatoms. The molecule has 4 nitrogen and oxygen atoms in total. The minimum absolute atomic E-state index is 0.100. The predicted octanol–water partition coefficient (Wildman–Crippen LogP) is 4.22. The molecule has 4 rings (SSSR count). The van der Waals surface area contributed by atoms with E-state index in [4.69, 9.17) is 9.47 Å². The molecule has 0 saturated heterocycles. The average Bonchev–Trinajstić information content (AvgIpc) is 2.92. The van der Waals surface area contributed by atoms with Gasteiger partial charge in [-0.25, -0.2) is 4.79 Å². The molecule has 0 heterocycles. The van der Waals surface area contributed by atoms with Gasteiger partial charge in [0.1, 0.15) is 11.0 Å². The summed E-state index contributed by atoms with van der Waals surface area (Å²) >= 11 is 0. The molecule has 0 N–H and O–H groups in total. The highest BCUT2D eigenvalue weighted by molar-refractivity contribution is 7.97. The summed E-state index contributed by atoms with van der Waals surface area (Å²) in [5.74, 6) is -0.656. The number of hydrogen-bond donors (Lipinski definition) is 0. The zero-order valence-electron chi connectivity index (χ0n) is 19.0. The van der Waals surface area contributed by atoms with Crippen molar-refractivity contribution in [2.24, 2.45) is 0 Å². The van der Waals surface area contributed by atoms with Crippen LogP contribution in [0.1, 0.15) is 10.4 Å². The van der Waals surface area contributed by atoms with Crippen molar-refractivity contribution in [2.75, 3.05) is 14.2 Å². The third-order valence-electron chi connectivity index (χ3n) is 5.71. The molecular weight excluding hydrogens is 443 g/mol. The van der Waals surface area contributed by atoms with E-state index in [1.165, 1.54) is 14.2 Å². The minimum Gasteiger partial charge on any atom is -0.496 e. The van der Waals surface area contributed by atoms with E-state index in [0.29, 0.717) is 11.3 Å². The van der Waals surface area contributed by atoms with Gasteiger partial charge in [-0.3, -0.25) is 4.79 Å². The molecule has 34 heavy (non-hydrogen) atoms. The Bertz CT molecular complexity index is 1240. The van der Waals surface area contributed by atoms with Crippen LogP contribution in [0.25, 0.3) is 0 Å². The highest BCUT2D eigenvalue weighted by Gasteiger charge is 2.38. The molecule has 0 amide bonds. The van der Waals surface area contributed by atoms with Gasteiger partial charge in [0.25, 0.3) is 0 Å². The van der Waals surface area contributed by atoms with Crippen molar-refractivity contribution < 1.29 is 19.1 Å². The van der Waals surface area contributed by atoms with Crippen molar-refractivity contribution in [3.63, 3.8) is 0 Å². The fraction of sp³-hybridized carbons (Fsp3) is 0.0690. The van der Waals surface area contributed by atoms with Gasteiger partial charge in [-0.05, 0) is 34.9 Å². The molecule has 4 aromatic carbocycles. The zero-order valence-corrected chi connectivity index (χ0v) is 19.9. The summed E-state index contributed by atoms with van der Waals surface area (Å²) in [7, 11) is 2.82. The van der Waals surface area contributed by atoms with E-state index in [9.17, 15) is 9.59 Å². The monoisotopic (exact) mass is 468 g/mol.